The number of carbonyl (C=O) groups excluding carboxylic acids is 1. The number of ether oxygens (including phenoxy) is 1. The van der Waals surface area contributed by atoms with Crippen molar-refractivity contribution in [1.29, 1.82) is 0 Å². The van der Waals surface area contributed by atoms with Crippen molar-refractivity contribution in [2.45, 2.75) is 12.0 Å². The van der Waals surface area contributed by atoms with Gasteiger partial charge in [0, 0.05) is 17.7 Å². The van der Waals surface area contributed by atoms with Crippen molar-refractivity contribution in [2.75, 3.05) is 5.06 Å². The molecule has 0 aromatic heterocycles. The molecule has 2 aliphatic heterocycles. The molecule has 15 heavy (non-hydrogen) atoms. The Labute approximate surface area is 86.3 Å². The average molecular weight is 202 g/mol. The molecule has 3 rings (SSSR count). The quantitative estimate of drug-likeness (QED) is 0.642. The second kappa shape index (κ2) is 2.61. The van der Waals surface area contributed by atoms with E-state index in [0.717, 1.165) is 0 Å². The number of nitrogens with zero attached hydrogens (tertiary/aromatic N) is 1. The standard InChI is InChI=1S/C11H8NO3/c13-10-11(6-3-7-15-11)8-4-1-2-5-9(8)12(10)14/h1-5,7H,6H2/q-1. The lowest BCUT2D eigenvalue weighted by Gasteiger charge is -2.26. The van der Waals surface area contributed by atoms with Crippen molar-refractivity contribution in [3.05, 3.63) is 47.4 Å². The predicted molar refractivity (Wildman–Crippen MR) is 53.8 cm³/mol. The zero-order valence-electron chi connectivity index (χ0n) is 7.84. The van der Waals surface area contributed by atoms with Gasteiger partial charge >= 0.3 is 0 Å². The first-order valence-electron chi connectivity index (χ1n) is 4.70. The van der Waals surface area contributed by atoms with Gasteiger partial charge in [0.05, 0.1) is 6.26 Å². The monoisotopic (exact) mass is 202 g/mol. The van der Waals surface area contributed by atoms with Gasteiger partial charge in [-0.05, 0) is 12.1 Å². The highest BCUT2D eigenvalue weighted by Gasteiger charge is 2.50. The van der Waals surface area contributed by atoms with Gasteiger partial charge in [0.2, 0.25) is 5.60 Å². The van der Waals surface area contributed by atoms with E-state index in [4.69, 9.17) is 4.74 Å². The molecule has 76 valence electrons. The number of benzene rings is 1. The fraction of sp³-hybridized carbons (Fsp3) is 0.182. The number of hydrogen-bond acceptors (Lipinski definition) is 3. The lowest BCUT2D eigenvalue weighted by atomic mass is 9.93. The van der Waals surface area contributed by atoms with E-state index in [1.54, 1.807) is 30.3 Å². The molecule has 2 heterocycles. The summed E-state index contributed by atoms with van der Waals surface area (Å²) in [5, 5.41) is 12.0. The molecule has 0 radical (unpaired) electrons. The van der Waals surface area contributed by atoms with Crippen LogP contribution in [0.2, 0.25) is 0 Å². The Kier molecular flexibility index (Phi) is 1.48. The van der Waals surface area contributed by atoms with E-state index in [0.29, 0.717) is 22.7 Å². The van der Waals surface area contributed by atoms with Crippen LogP contribution in [0.15, 0.2) is 36.6 Å². The summed E-state index contributed by atoms with van der Waals surface area (Å²) in [5.41, 5.74) is -0.0283. The predicted octanol–water partition coefficient (Wildman–Crippen LogP) is 1.66. The van der Waals surface area contributed by atoms with Gasteiger partial charge in [-0.25, -0.2) is 0 Å². The Morgan fingerprint density at radius 2 is 2.20 bits per heavy atom. The summed E-state index contributed by atoms with van der Waals surface area (Å²) in [5.74, 6) is -0.534. The first-order chi connectivity index (χ1) is 7.26. The van der Waals surface area contributed by atoms with Gasteiger partial charge in [-0.2, -0.15) is 0 Å². The molecule has 4 nitrogen and oxygen atoms in total. The normalized spacial score (nSPS) is 27.3. The van der Waals surface area contributed by atoms with Gasteiger partial charge in [-0.3, -0.25) is 4.79 Å². The molecule has 0 bridgehead atoms. The summed E-state index contributed by atoms with van der Waals surface area (Å²) in [6.07, 6.45) is 3.67. The van der Waals surface area contributed by atoms with Crippen LogP contribution in [0, 0.1) is 5.21 Å². The minimum atomic E-state index is -1.08. The minimum absolute atomic E-state index is 0.395. The van der Waals surface area contributed by atoms with Gasteiger partial charge in [0.25, 0.3) is 5.91 Å². The van der Waals surface area contributed by atoms with Crippen LogP contribution in [0.25, 0.3) is 0 Å². The summed E-state index contributed by atoms with van der Waals surface area (Å²) in [6, 6.07) is 6.93. The first-order valence-corrected chi connectivity index (χ1v) is 4.70. The fourth-order valence-corrected chi connectivity index (χ4v) is 2.12. The Hall–Kier alpha value is -1.81. The molecular weight excluding hydrogens is 194 g/mol. The first kappa shape index (κ1) is 8.49. The molecule has 0 aliphatic carbocycles. The zero-order chi connectivity index (χ0) is 10.5. The molecule has 1 aromatic carbocycles. The summed E-state index contributed by atoms with van der Waals surface area (Å²) in [6.45, 7) is 0. The highest BCUT2D eigenvalue weighted by atomic mass is 16.5. The van der Waals surface area contributed by atoms with Crippen LogP contribution in [0.4, 0.5) is 5.69 Å². The average Bonchev–Trinajstić information content (AvgIpc) is 2.83. The molecule has 0 saturated carbocycles. The second-order valence-electron chi connectivity index (χ2n) is 3.64. The lowest BCUT2D eigenvalue weighted by Crippen LogP contribution is -2.37. The van der Waals surface area contributed by atoms with Crippen molar-refractivity contribution in [1.82, 2.24) is 0 Å². The Bertz CT molecular complexity index is 459. The molecule has 0 saturated heterocycles. The summed E-state index contributed by atoms with van der Waals surface area (Å²) < 4.78 is 5.34. The SMILES string of the molecule is O=C1N([O-])c2ccccc2C12CC=CO2. The van der Waals surface area contributed by atoms with E-state index >= 15 is 0 Å². The number of anilines is 1. The van der Waals surface area contributed by atoms with Crippen LogP contribution >= 0.6 is 0 Å². The Balaban J connectivity index is 2.23. The number of hydrogen-bond donors (Lipinski definition) is 0. The maximum Gasteiger partial charge on any atom is 0.265 e. The molecule has 1 amide bonds. The third kappa shape index (κ3) is 0.868. The smallest absolute Gasteiger partial charge is 0.265 e. The number of hydroxylamine groups is 1. The molecule has 2 aliphatic rings. The molecule has 1 spiro atoms. The second-order valence-corrected chi connectivity index (χ2v) is 3.64. The molecule has 1 aromatic rings. The summed E-state index contributed by atoms with van der Waals surface area (Å²) >= 11 is 0. The van der Waals surface area contributed by atoms with Crippen LogP contribution in [-0.2, 0) is 15.1 Å². The van der Waals surface area contributed by atoms with E-state index in [2.05, 4.69) is 0 Å². The van der Waals surface area contributed by atoms with Gasteiger partial charge in [-0.1, -0.05) is 18.2 Å². The Morgan fingerprint density at radius 3 is 2.93 bits per heavy atom. The third-order valence-corrected chi connectivity index (χ3v) is 2.86. The summed E-state index contributed by atoms with van der Waals surface area (Å²) in [7, 11) is 0. The Morgan fingerprint density at radius 1 is 1.40 bits per heavy atom. The molecule has 1 atom stereocenters. The van der Waals surface area contributed by atoms with Crippen molar-refractivity contribution < 1.29 is 9.53 Å². The van der Waals surface area contributed by atoms with Crippen LogP contribution in [-0.4, -0.2) is 5.91 Å². The largest absolute Gasteiger partial charge is 0.752 e. The lowest BCUT2D eigenvalue weighted by molar-refractivity contribution is -0.134. The van der Waals surface area contributed by atoms with Gasteiger partial charge in [-0.15, -0.1) is 0 Å². The van der Waals surface area contributed by atoms with Crippen LogP contribution in [0.1, 0.15) is 12.0 Å². The number of fused-ring (bicyclic) bond motifs is 2. The molecule has 4 heteroatoms. The van der Waals surface area contributed by atoms with Crippen LogP contribution in [0.5, 0.6) is 0 Å². The van der Waals surface area contributed by atoms with E-state index < -0.39 is 11.5 Å². The topological polar surface area (TPSA) is 52.6 Å². The maximum atomic E-state index is 11.8. The number of para-hydroxylation sites is 1. The fourth-order valence-electron chi connectivity index (χ4n) is 2.12. The van der Waals surface area contributed by atoms with E-state index in [1.807, 2.05) is 0 Å². The van der Waals surface area contributed by atoms with Gasteiger partial charge in [0.15, 0.2) is 0 Å². The van der Waals surface area contributed by atoms with Crippen molar-refractivity contribution in [2.24, 2.45) is 0 Å². The van der Waals surface area contributed by atoms with E-state index in [9.17, 15) is 10.0 Å². The van der Waals surface area contributed by atoms with E-state index in [1.165, 1.54) is 6.26 Å². The molecular formula is C11H8NO3-. The highest BCUT2D eigenvalue weighted by Crippen LogP contribution is 2.46. The summed E-state index contributed by atoms with van der Waals surface area (Å²) in [4.78, 5) is 11.8. The maximum absolute atomic E-state index is 11.8. The highest BCUT2D eigenvalue weighted by molar-refractivity contribution is 6.07. The van der Waals surface area contributed by atoms with E-state index in [-0.39, 0.29) is 0 Å². The molecule has 0 N–H and O–H groups in total. The van der Waals surface area contributed by atoms with Gasteiger partial charge < -0.3 is 15.0 Å². The van der Waals surface area contributed by atoms with Crippen molar-refractivity contribution >= 4 is 11.6 Å². The molecule has 1 unspecified atom stereocenters. The minimum Gasteiger partial charge on any atom is -0.752 e. The third-order valence-electron chi connectivity index (χ3n) is 2.86. The van der Waals surface area contributed by atoms with Crippen LogP contribution in [0.3, 0.4) is 0 Å². The molecule has 0 fully saturated rings. The van der Waals surface area contributed by atoms with Gasteiger partial charge in [0.1, 0.15) is 0 Å². The van der Waals surface area contributed by atoms with Crippen LogP contribution < -0.4 is 5.06 Å². The number of amides is 1. The number of rotatable bonds is 0. The van der Waals surface area contributed by atoms with Crippen molar-refractivity contribution in [3.63, 3.8) is 0 Å². The number of carbonyl (C=O) groups is 1. The zero-order valence-corrected chi connectivity index (χ0v) is 7.84. The van der Waals surface area contributed by atoms with Crippen molar-refractivity contribution in [3.8, 4) is 0 Å².